The van der Waals surface area contributed by atoms with Crippen molar-refractivity contribution in [2.75, 3.05) is 14.2 Å². The molecule has 2 aromatic carbocycles. The van der Waals surface area contributed by atoms with E-state index in [-0.39, 0.29) is 5.91 Å². The van der Waals surface area contributed by atoms with Crippen molar-refractivity contribution in [2.24, 2.45) is 12.0 Å². The van der Waals surface area contributed by atoms with Crippen LogP contribution in [0.15, 0.2) is 47.5 Å². The summed E-state index contributed by atoms with van der Waals surface area (Å²) in [5, 5.41) is 0. The molecule has 0 fully saturated rings. The van der Waals surface area contributed by atoms with Crippen molar-refractivity contribution in [3.05, 3.63) is 52.8 Å². The highest BCUT2D eigenvalue weighted by atomic mass is 32.1. The standard InChI is InChI=1S/C17H16N2O3S/c1-19-11-7-4-5-10-14(11)23-17(19)18-16(20)15-12(21-2)8-6-9-13(15)22-3/h4-10H,1-3H3. The van der Waals surface area contributed by atoms with Gasteiger partial charge in [-0.05, 0) is 24.3 Å². The monoisotopic (exact) mass is 328 g/mol. The molecule has 0 radical (unpaired) electrons. The molecule has 23 heavy (non-hydrogen) atoms. The van der Waals surface area contributed by atoms with Crippen molar-refractivity contribution in [1.29, 1.82) is 0 Å². The van der Waals surface area contributed by atoms with Crippen LogP contribution in [0.2, 0.25) is 0 Å². The highest BCUT2D eigenvalue weighted by molar-refractivity contribution is 7.16. The van der Waals surface area contributed by atoms with E-state index in [1.54, 1.807) is 18.2 Å². The van der Waals surface area contributed by atoms with Crippen LogP contribution in [0.5, 0.6) is 11.5 Å². The Labute approximate surface area is 137 Å². The number of aromatic nitrogens is 1. The fourth-order valence-electron chi connectivity index (χ4n) is 2.39. The number of carbonyl (C=O) groups is 1. The second kappa shape index (κ2) is 6.26. The number of hydrogen-bond donors (Lipinski definition) is 0. The zero-order valence-corrected chi connectivity index (χ0v) is 13.9. The summed E-state index contributed by atoms with van der Waals surface area (Å²) in [4.78, 5) is 17.6. The molecule has 0 spiro atoms. The molecule has 0 aliphatic heterocycles. The topological polar surface area (TPSA) is 52.8 Å². The number of fused-ring (bicyclic) bond motifs is 1. The van der Waals surface area contributed by atoms with Crippen molar-refractivity contribution < 1.29 is 14.3 Å². The molecule has 1 heterocycles. The van der Waals surface area contributed by atoms with Crippen molar-refractivity contribution in [3.8, 4) is 11.5 Å². The molecule has 3 aromatic rings. The van der Waals surface area contributed by atoms with Gasteiger partial charge >= 0.3 is 0 Å². The molecule has 0 bridgehead atoms. The van der Waals surface area contributed by atoms with E-state index in [0.717, 1.165) is 10.2 Å². The summed E-state index contributed by atoms with van der Waals surface area (Å²) in [7, 11) is 4.93. The molecular formula is C17H16N2O3S. The summed E-state index contributed by atoms with van der Waals surface area (Å²) in [6.45, 7) is 0. The zero-order valence-electron chi connectivity index (χ0n) is 13.1. The van der Waals surface area contributed by atoms with Gasteiger partial charge in [0.2, 0.25) is 0 Å². The van der Waals surface area contributed by atoms with E-state index in [4.69, 9.17) is 9.47 Å². The number of para-hydroxylation sites is 1. The van der Waals surface area contributed by atoms with E-state index in [1.807, 2.05) is 35.9 Å². The second-order valence-electron chi connectivity index (χ2n) is 4.87. The van der Waals surface area contributed by atoms with Gasteiger partial charge in [-0.1, -0.05) is 29.5 Å². The van der Waals surface area contributed by atoms with Gasteiger partial charge in [-0.25, -0.2) is 0 Å². The molecule has 6 heteroatoms. The summed E-state index contributed by atoms with van der Waals surface area (Å²) in [5.74, 6) is 0.505. The largest absolute Gasteiger partial charge is 0.496 e. The van der Waals surface area contributed by atoms with Crippen LogP contribution in [-0.4, -0.2) is 24.7 Å². The number of hydrogen-bond acceptors (Lipinski definition) is 4. The van der Waals surface area contributed by atoms with Gasteiger partial charge in [-0.15, -0.1) is 0 Å². The number of carbonyl (C=O) groups excluding carboxylic acids is 1. The lowest BCUT2D eigenvalue weighted by Gasteiger charge is -2.09. The molecule has 118 valence electrons. The Bertz CT molecular complexity index is 918. The van der Waals surface area contributed by atoms with Gasteiger partial charge in [0.15, 0.2) is 4.80 Å². The fraction of sp³-hybridized carbons (Fsp3) is 0.176. The average molecular weight is 328 g/mol. The second-order valence-corrected chi connectivity index (χ2v) is 5.87. The number of aryl methyl sites for hydroxylation is 1. The first kappa shape index (κ1) is 15.3. The lowest BCUT2D eigenvalue weighted by Crippen LogP contribution is -2.14. The van der Waals surface area contributed by atoms with Crippen molar-refractivity contribution in [3.63, 3.8) is 0 Å². The highest BCUT2D eigenvalue weighted by Crippen LogP contribution is 2.28. The molecule has 1 amide bonds. The van der Waals surface area contributed by atoms with Crippen molar-refractivity contribution in [2.45, 2.75) is 0 Å². The van der Waals surface area contributed by atoms with E-state index >= 15 is 0 Å². The van der Waals surface area contributed by atoms with E-state index < -0.39 is 0 Å². The molecule has 5 nitrogen and oxygen atoms in total. The molecule has 0 unspecified atom stereocenters. The lowest BCUT2D eigenvalue weighted by molar-refractivity contribution is 0.0992. The number of benzene rings is 2. The molecule has 1 aromatic heterocycles. The van der Waals surface area contributed by atoms with E-state index in [2.05, 4.69) is 4.99 Å². The smallest absolute Gasteiger partial charge is 0.287 e. The molecular weight excluding hydrogens is 312 g/mol. The fourth-order valence-corrected chi connectivity index (χ4v) is 3.41. The lowest BCUT2D eigenvalue weighted by atomic mass is 10.1. The maximum absolute atomic E-state index is 12.7. The van der Waals surface area contributed by atoms with Gasteiger partial charge in [-0.3, -0.25) is 4.79 Å². The third kappa shape index (κ3) is 2.73. The summed E-state index contributed by atoms with van der Waals surface area (Å²) in [6.07, 6.45) is 0. The predicted octanol–water partition coefficient (Wildman–Crippen LogP) is 3.00. The zero-order chi connectivity index (χ0) is 16.4. The first-order valence-corrected chi connectivity index (χ1v) is 7.82. The third-order valence-electron chi connectivity index (χ3n) is 3.55. The maximum atomic E-state index is 12.7. The Morgan fingerprint density at radius 3 is 2.30 bits per heavy atom. The number of nitrogens with zero attached hydrogens (tertiary/aromatic N) is 2. The van der Waals surface area contributed by atoms with Gasteiger partial charge in [-0.2, -0.15) is 4.99 Å². The van der Waals surface area contributed by atoms with E-state index in [1.165, 1.54) is 25.6 Å². The van der Waals surface area contributed by atoms with Crippen LogP contribution >= 0.6 is 11.3 Å². The number of rotatable bonds is 3. The van der Waals surface area contributed by atoms with Crippen LogP contribution in [0.3, 0.4) is 0 Å². The first-order valence-electron chi connectivity index (χ1n) is 7.00. The summed E-state index contributed by atoms with van der Waals surface area (Å²) < 4.78 is 13.5. The molecule has 0 saturated carbocycles. The Morgan fingerprint density at radius 2 is 1.70 bits per heavy atom. The van der Waals surface area contributed by atoms with Crippen LogP contribution in [0.4, 0.5) is 0 Å². The minimum Gasteiger partial charge on any atom is -0.496 e. The van der Waals surface area contributed by atoms with Crippen LogP contribution in [0.1, 0.15) is 10.4 Å². The molecule has 3 rings (SSSR count). The minimum absolute atomic E-state index is 0.329. The predicted molar refractivity (Wildman–Crippen MR) is 90.2 cm³/mol. The minimum atomic E-state index is -0.388. The molecule has 0 N–H and O–H groups in total. The van der Waals surface area contributed by atoms with Crippen LogP contribution in [0, 0.1) is 0 Å². The molecule has 0 aliphatic rings. The number of ether oxygens (including phenoxy) is 2. The number of amides is 1. The maximum Gasteiger partial charge on any atom is 0.287 e. The molecule has 0 saturated heterocycles. The van der Waals surface area contributed by atoms with Gasteiger partial charge in [0, 0.05) is 7.05 Å². The van der Waals surface area contributed by atoms with Gasteiger partial charge < -0.3 is 14.0 Å². The Hall–Kier alpha value is -2.60. The van der Waals surface area contributed by atoms with Gasteiger partial charge in [0.25, 0.3) is 5.91 Å². The van der Waals surface area contributed by atoms with E-state index in [9.17, 15) is 4.79 Å². The first-order chi connectivity index (χ1) is 11.2. The van der Waals surface area contributed by atoms with Crippen molar-refractivity contribution >= 4 is 27.5 Å². The summed E-state index contributed by atoms with van der Waals surface area (Å²) in [5.41, 5.74) is 1.37. The quantitative estimate of drug-likeness (QED) is 0.743. The Balaban J connectivity index is 2.16. The number of thiazole rings is 1. The van der Waals surface area contributed by atoms with Crippen LogP contribution < -0.4 is 14.3 Å². The van der Waals surface area contributed by atoms with Gasteiger partial charge in [0.1, 0.15) is 17.1 Å². The third-order valence-corrected chi connectivity index (χ3v) is 4.67. The summed E-state index contributed by atoms with van der Waals surface area (Å²) in [6, 6.07) is 13.1. The molecule has 0 aliphatic carbocycles. The summed E-state index contributed by atoms with van der Waals surface area (Å²) >= 11 is 1.47. The molecule has 0 atom stereocenters. The normalized spacial score (nSPS) is 11.7. The van der Waals surface area contributed by atoms with E-state index in [0.29, 0.717) is 21.9 Å². The number of methoxy groups -OCH3 is 2. The average Bonchev–Trinajstić information content (AvgIpc) is 2.90. The Morgan fingerprint density at radius 1 is 1.04 bits per heavy atom. The Kier molecular flexibility index (Phi) is 4.16. The highest BCUT2D eigenvalue weighted by Gasteiger charge is 2.18. The van der Waals surface area contributed by atoms with Gasteiger partial charge in [0.05, 0.1) is 24.4 Å². The van der Waals surface area contributed by atoms with Crippen LogP contribution in [0.25, 0.3) is 10.2 Å². The van der Waals surface area contributed by atoms with Crippen LogP contribution in [-0.2, 0) is 7.05 Å². The SMILES string of the molecule is COc1cccc(OC)c1C(=O)N=c1sc2ccccc2n1C. The van der Waals surface area contributed by atoms with Crippen molar-refractivity contribution in [1.82, 2.24) is 4.57 Å².